The van der Waals surface area contributed by atoms with Crippen molar-refractivity contribution in [1.29, 1.82) is 0 Å². The Labute approximate surface area is 77.9 Å². The van der Waals surface area contributed by atoms with Gasteiger partial charge in [0.05, 0.1) is 0 Å². The Morgan fingerprint density at radius 1 is 1.42 bits per heavy atom. The highest BCUT2D eigenvalue weighted by Crippen LogP contribution is 2.25. The van der Waals surface area contributed by atoms with Gasteiger partial charge in [0.1, 0.15) is 5.69 Å². The van der Waals surface area contributed by atoms with E-state index in [1.807, 2.05) is 0 Å². The van der Waals surface area contributed by atoms with Gasteiger partial charge in [-0.1, -0.05) is 11.6 Å². The summed E-state index contributed by atoms with van der Waals surface area (Å²) < 4.78 is 0. The van der Waals surface area contributed by atoms with Crippen LogP contribution in [-0.2, 0) is 4.79 Å². The lowest BCUT2D eigenvalue weighted by atomic mass is 10.5. The third-order valence-corrected chi connectivity index (χ3v) is 1.51. The van der Waals surface area contributed by atoms with Crippen molar-refractivity contribution < 1.29 is 4.79 Å². The quantitative estimate of drug-likeness (QED) is 0.429. The Bertz CT molecular complexity index is 293. The molecule has 0 aromatic carbocycles. The summed E-state index contributed by atoms with van der Waals surface area (Å²) >= 11 is 11.0. The maximum atomic E-state index is 10.0. The molecule has 1 rings (SSSR count). The second-order valence-electron chi connectivity index (χ2n) is 1.81. The van der Waals surface area contributed by atoms with Gasteiger partial charge in [0.15, 0.2) is 11.0 Å². The summed E-state index contributed by atoms with van der Waals surface area (Å²) in [7, 11) is 0. The summed E-state index contributed by atoms with van der Waals surface area (Å²) in [6.07, 6.45) is 0.425. The number of nitrogens with one attached hydrogen (secondary N) is 1. The molecule has 64 valence electrons. The largest absolute Gasteiger partial charge is 0.382 e. The number of halogens is 2. The van der Waals surface area contributed by atoms with Crippen molar-refractivity contribution >= 4 is 41.1 Å². The first kappa shape index (κ1) is 9.02. The van der Waals surface area contributed by atoms with E-state index in [9.17, 15) is 4.79 Å². The van der Waals surface area contributed by atoms with Crippen molar-refractivity contribution in [2.45, 2.75) is 0 Å². The maximum absolute atomic E-state index is 10.0. The van der Waals surface area contributed by atoms with E-state index in [1.165, 1.54) is 0 Å². The number of nitrogens with two attached hydrogens (primary N) is 1. The summed E-state index contributed by atoms with van der Waals surface area (Å²) in [6.45, 7) is 0. The van der Waals surface area contributed by atoms with Gasteiger partial charge in [0.2, 0.25) is 11.7 Å². The summed E-state index contributed by atoms with van der Waals surface area (Å²) in [6, 6.07) is 0. The molecule has 0 saturated carbocycles. The Morgan fingerprint density at radius 3 is 2.58 bits per heavy atom. The highest BCUT2D eigenvalue weighted by molar-refractivity contribution is 6.34. The van der Waals surface area contributed by atoms with Crippen molar-refractivity contribution in [1.82, 2.24) is 9.97 Å². The Balaban J connectivity index is 3.18. The minimum atomic E-state index is -0.0612. The number of carbonyl (C=O) groups is 1. The molecule has 0 spiro atoms. The zero-order valence-electron chi connectivity index (χ0n) is 5.71. The van der Waals surface area contributed by atoms with Gasteiger partial charge in [-0.2, -0.15) is 4.98 Å². The van der Waals surface area contributed by atoms with Gasteiger partial charge >= 0.3 is 0 Å². The van der Waals surface area contributed by atoms with Crippen molar-refractivity contribution in [3.8, 4) is 0 Å². The van der Waals surface area contributed by atoms with Gasteiger partial charge in [-0.05, 0) is 11.6 Å². The summed E-state index contributed by atoms with van der Waals surface area (Å²) in [4.78, 5) is 17.2. The number of hydrogen-bond acceptors (Lipinski definition) is 4. The average Bonchev–Trinajstić information content (AvgIpc) is 1.96. The first-order chi connectivity index (χ1) is 5.65. The van der Waals surface area contributed by atoms with Gasteiger partial charge < -0.3 is 11.1 Å². The Kier molecular flexibility index (Phi) is 2.67. The molecule has 12 heavy (non-hydrogen) atoms. The number of amides is 1. The molecule has 7 heteroatoms. The van der Waals surface area contributed by atoms with Crippen LogP contribution < -0.4 is 11.1 Å². The van der Waals surface area contributed by atoms with Gasteiger partial charge in [0, 0.05) is 0 Å². The molecule has 0 aliphatic heterocycles. The first-order valence-electron chi connectivity index (χ1n) is 2.84. The average molecular weight is 207 g/mol. The monoisotopic (exact) mass is 206 g/mol. The van der Waals surface area contributed by atoms with Crippen LogP contribution in [-0.4, -0.2) is 16.4 Å². The summed E-state index contributed by atoms with van der Waals surface area (Å²) in [5.74, 6) is 0.0344. The lowest BCUT2D eigenvalue weighted by molar-refractivity contribution is -0.105. The predicted molar refractivity (Wildman–Crippen MR) is 46.2 cm³/mol. The van der Waals surface area contributed by atoms with Crippen molar-refractivity contribution in [3.63, 3.8) is 0 Å². The first-order valence-corrected chi connectivity index (χ1v) is 3.59. The van der Waals surface area contributed by atoms with E-state index in [1.54, 1.807) is 0 Å². The predicted octanol–water partition coefficient (Wildman–Crippen LogP) is 0.934. The van der Waals surface area contributed by atoms with E-state index in [2.05, 4.69) is 15.3 Å². The molecule has 1 aromatic rings. The zero-order valence-corrected chi connectivity index (χ0v) is 7.23. The standard InChI is InChI=1S/C5H4Cl2N4O/c6-3-2(9-1-12)4(8)11-5(7)10-3/h1H,(H,9,12)(H2,8,10,11). The van der Waals surface area contributed by atoms with Crippen molar-refractivity contribution in [3.05, 3.63) is 10.4 Å². The molecule has 0 unspecified atom stereocenters. The highest BCUT2D eigenvalue weighted by atomic mass is 35.5. The van der Waals surface area contributed by atoms with Gasteiger partial charge in [-0.15, -0.1) is 0 Å². The van der Waals surface area contributed by atoms with Crippen LogP contribution in [0.3, 0.4) is 0 Å². The highest BCUT2D eigenvalue weighted by Gasteiger charge is 2.08. The van der Waals surface area contributed by atoms with Crippen LogP contribution in [0.5, 0.6) is 0 Å². The number of hydrogen-bond donors (Lipinski definition) is 2. The minimum Gasteiger partial charge on any atom is -0.382 e. The lowest BCUT2D eigenvalue weighted by Crippen LogP contribution is -2.03. The fourth-order valence-corrected chi connectivity index (χ4v) is 1.07. The molecule has 0 saturated heterocycles. The molecule has 0 bridgehead atoms. The molecule has 1 amide bonds. The van der Waals surface area contributed by atoms with Crippen LogP contribution in [0.2, 0.25) is 10.4 Å². The molecule has 0 atom stereocenters. The maximum Gasteiger partial charge on any atom is 0.225 e. The molecule has 1 aromatic heterocycles. The number of nitrogens with zero attached hydrogens (tertiary/aromatic N) is 2. The van der Waals surface area contributed by atoms with E-state index < -0.39 is 0 Å². The number of anilines is 2. The molecule has 0 radical (unpaired) electrons. The van der Waals surface area contributed by atoms with Gasteiger partial charge in [-0.25, -0.2) is 4.98 Å². The second-order valence-corrected chi connectivity index (χ2v) is 2.50. The van der Waals surface area contributed by atoms with E-state index in [4.69, 9.17) is 28.9 Å². The number of nitrogen functional groups attached to an aromatic ring is 1. The molecule has 0 aliphatic rings. The smallest absolute Gasteiger partial charge is 0.225 e. The van der Waals surface area contributed by atoms with E-state index in [-0.39, 0.29) is 21.9 Å². The number of rotatable bonds is 2. The van der Waals surface area contributed by atoms with Crippen LogP contribution >= 0.6 is 23.2 Å². The Hall–Kier alpha value is -1.07. The zero-order chi connectivity index (χ0) is 9.14. The third-order valence-electron chi connectivity index (χ3n) is 1.07. The molecular formula is C5H4Cl2N4O. The fraction of sp³-hybridized carbons (Fsp3) is 0. The Morgan fingerprint density at radius 2 is 2.08 bits per heavy atom. The topological polar surface area (TPSA) is 80.9 Å². The van der Waals surface area contributed by atoms with Gasteiger partial charge in [-0.3, -0.25) is 4.79 Å². The van der Waals surface area contributed by atoms with Crippen LogP contribution in [0.1, 0.15) is 0 Å². The fourth-order valence-electron chi connectivity index (χ4n) is 0.615. The molecule has 0 fully saturated rings. The van der Waals surface area contributed by atoms with E-state index in [0.717, 1.165) is 0 Å². The lowest BCUT2D eigenvalue weighted by Gasteiger charge is -2.03. The van der Waals surface area contributed by atoms with E-state index in [0.29, 0.717) is 6.41 Å². The van der Waals surface area contributed by atoms with E-state index >= 15 is 0 Å². The minimum absolute atomic E-state index is 0.0135. The normalized spacial score (nSPS) is 9.50. The second kappa shape index (κ2) is 3.55. The molecular weight excluding hydrogens is 203 g/mol. The van der Waals surface area contributed by atoms with Crippen molar-refractivity contribution in [2.24, 2.45) is 0 Å². The van der Waals surface area contributed by atoms with Crippen LogP contribution in [0, 0.1) is 0 Å². The van der Waals surface area contributed by atoms with Crippen LogP contribution in [0.25, 0.3) is 0 Å². The van der Waals surface area contributed by atoms with Crippen LogP contribution in [0.4, 0.5) is 11.5 Å². The molecule has 5 nitrogen and oxygen atoms in total. The summed E-state index contributed by atoms with van der Waals surface area (Å²) in [5, 5.41) is 2.20. The number of aromatic nitrogens is 2. The van der Waals surface area contributed by atoms with Crippen molar-refractivity contribution in [2.75, 3.05) is 11.1 Å². The SMILES string of the molecule is Nc1nc(Cl)nc(Cl)c1NC=O. The third kappa shape index (κ3) is 1.75. The molecule has 1 heterocycles. The molecule has 0 aliphatic carbocycles. The van der Waals surface area contributed by atoms with Gasteiger partial charge in [0.25, 0.3) is 0 Å². The number of carbonyl (C=O) groups excluding carboxylic acids is 1. The molecule has 3 N–H and O–H groups in total. The van der Waals surface area contributed by atoms with Crippen LogP contribution in [0.15, 0.2) is 0 Å². The summed E-state index contributed by atoms with van der Waals surface area (Å²) in [5.41, 5.74) is 5.53.